The second-order valence-corrected chi connectivity index (χ2v) is 8.20. The van der Waals surface area contributed by atoms with Crippen LogP contribution in [0.2, 0.25) is 0 Å². The summed E-state index contributed by atoms with van der Waals surface area (Å²) < 4.78 is 0.756. The van der Waals surface area contributed by atoms with Crippen LogP contribution in [-0.4, -0.2) is 33.4 Å². The van der Waals surface area contributed by atoms with Gasteiger partial charge in [-0.25, -0.2) is 4.98 Å². The summed E-state index contributed by atoms with van der Waals surface area (Å²) in [6.45, 7) is 1.84. The first-order valence-electron chi connectivity index (χ1n) is 7.15. The molecular weight excluding hydrogens is 362 g/mol. The highest BCUT2D eigenvalue weighted by Gasteiger charge is 2.18. The van der Waals surface area contributed by atoms with Crippen LogP contribution < -0.4 is 10.6 Å². The summed E-state index contributed by atoms with van der Waals surface area (Å²) in [6, 6.07) is 9.88. The number of benzene rings is 1. The van der Waals surface area contributed by atoms with Crippen LogP contribution in [0, 0.1) is 0 Å². The quantitative estimate of drug-likeness (QED) is 0.636. The fraction of sp³-hybridized carbons (Fsp3) is 0.200. The Bertz CT molecular complexity index is 817. The van der Waals surface area contributed by atoms with E-state index in [1.54, 1.807) is 7.05 Å². The third-order valence-electron chi connectivity index (χ3n) is 3.07. The lowest BCUT2D eigenvalue weighted by Crippen LogP contribution is -2.22. The molecule has 0 unspecified atom stereocenters. The molecule has 6 nitrogen and oxygen atoms in total. The van der Waals surface area contributed by atoms with E-state index >= 15 is 0 Å². The molecule has 0 spiro atoms. The van der Waals surface area contributed by atoms with Crippen LogP contribution in [0.4, 0.5) is 10.3 Å². The second-order valence-electron chi connectivity index (χ2n) is 4.78. The lowest BCUT2D eigenvalue weighted by Gasteiger charge is -2.07. The van der Waals surface area contributed by atoms with Gasteiger partial charge in [-0.3, -0.25) is 4.79 Å². The van der Waals surface area contributed by atoms with Gasteiger partial charge < -0.3 is 10.6 Å². The molecule has 9 heteroatoms. The van der Waals surface area contributed by atoms with E-state index in [1.165, 1.54) is 34.4 Å². The van der Waals surface area contributed by atoms with Crippen LogP contribution in [0.3, 0.4) is 0 Å². The van der Waals surface area contributed by atoms with Crippen molar-refractivity contribution in [1.29, 1.82) is 0 Å². The van der Waals surface area contributed by atoms with Gasteiger partial charge in [-0.05, 0) is 6.92 Å². The minimum Gasteiger partial charge on any atom is -0.363 e. The molecule has 0 aliphatic heterocycles. The zero-order valence-corrected chi connectivity index (χ0v) is 15.5. The largest absolute Gasteiger partial charge is 0.363 e. The highest BCUT2D eigenvalue weighted by molar-refractivity contribution is 8.02. The molecule has 124 valence electrons. The van der Waals surface area contributed by atoms with E-state index in [2.05, 4.69) is 25.8 Å². The minimum atomic E-state index is -0.285. The van der Waals surface area contributed by atoms with Gasteiger partial charge >= 0.3 is 0 Å². The maximum Gasteiger partial charge on any atom is 0.239 e. The van der Waals surface area contributed by atoms with Crippen LogP contribution >= 0.6 is 34.4 Å². The molecule has 1 aromatic carbocycles. The molecule has 3 aromatic rings. The van der Waals surface area contributed by atoms with Gasteiger partial charge in [0.05, 0.1) is 10.9 Å². The number of carbonyl (C=O) groups excluding carboxylic acids is 1. The molecule has 2 aromatic heterocycles. The number of thioether (sulfide) groups is 1. The summed E-state index contributed by atoms with van der Waals surface area (Å²) in [6.07, 6.45) is 0. The number of anilines is 2. The van der Waals surface area contributed by atoms with Crippen LogP contribution in [0.15, 0.2) is 40.1 Å². The molecule has 0 aliphatic carbocycles. The van der Waals surface area contributed by atoms with Gasteiger partial charge in [-0.15, -0.1) is 21.5 Å². The fourth-order valence-electron chi connectivity index (χ4n) is 1.84. The Labute approximate surface area is 151 Å². The molecule has 0 bridgehead atoms. The van der Waals surface area contributed by atoms with E-state index in [9.17, 15) is 4.79 Å². The van der Waals surface area contributed by atoms with Crippen molar-refractivity contribution in [3.63, 3.8) is 0 Å². The summed E-state index contributed by atoms with van der Waals surface area (Å²) in [4.78, 5) is 16.8. The van der Waals surface area contributed by atoms with Crippen molar-refractivity contribution < 1.29 is 4.79 Å². The van der Waals surface area contributed by atoms with E-state index in [0.717, 1.165) is 20.7 Å². The van der Waals surface area contributed by atoms with Crippen LogP contribution in [-0.2, 0) is 4.79 Å². The van der Waals surface area contributed by atoms with E-state index in [-0.39, 0.29) is 11.2 Å². The predicted molar refractivity (Wildman–Crippen MR) is 101 cm³/mol. The third kappa shape index (κ3) is 4.11. The molecule has 2 N–H and O–H groups in total. The van der Waals surface area contributed by atoms with Gasteiger partial charge in [-0.2, -0.15) is 0 Å². The van der Waals surface area contributed by atoms with Gasteiger partial charge in [-0.1, -0.05) is 53.4 Å². The van der Waals surface area contributed by atoms with Gasteiger partial charge in [0.15, 0.2) is 9.47 Å². The zero-order chi connectivity index (χ0) is 16.9. The molecule has 1 atom stereocenters. The summed E-state index contributed by atoms with van der Waals surface area (Å²) in [5, 5.41) is 16.8. The Balaban J connectivity index is 1.61. The number of hydrogen-bond donors (Lipinski definition) is 2. The number of thiazole rings is 1. The number of amides is 1. The van der Waals surface area contributed by atoms with Crippen LogP contribution in [0.1, 0.15) is 6.92 Å². The first-order valence-corrected chi connectivity index (χ1v) is 9.73. The number of hydrogen-bond acceptors (Lipinski definition) is 8. The summed E-state index contributed by atoms with van der Waals surface area (Å²) in [5.41, 5.74) is 1.89. The smallest absolute Gasteiger partial charge is 0.239 e. The molecule has 0 aliphatic rings. The van der Waals surface area contributed by atoms with Crippen molar-refractivity contribution in [2.45, 2.75) is 16.5 Å². The van der Waals surface area contributed by atoms with Gasteiger partial charge in [0.25, 0.3) is 0 Å². The maximum absolute atomic E-state index is 12.3. The Hall–Kier alpha value is -1.97. The second kappa shape index (κ2) is 7.73. The van der Waals surface area contributed by atoms with Gasteiger partial charge in [0, 0.05) is 18.0 Å². The van der Waals surface area contributed by atoms with Crippen molar-refractivity contribution in [3.8, 4) is 11.3 Å². The Morgan fingerprint density at radius 2 is 2.00 bits per heavy atom. The monoisotopic (exact) mass is 377 g/mol. The summed E-state index contributed by atoms with van der Waals surface area (Å²) >= 11 is 4.22. The van der Waals surface area contributed by atoms with Crippen LogP contribution in [0.25, 0.3) is 11.3 Å². The first-order chi connectivity index (χ1) is 11.7. The number of aromatic nitrogens is 3. The van der Waals surface area contributed by atoms with Crippen LogP contribution in [0.5, 0.6) is 0 Å². The zero-order valence-electron chi connectivity index (χ0n) is 13.0. The van der Waals surface area contributed by atoms with E-state index < -0.39 is 0 Å². The van der Waals surface area contributed by atoms with E-state index in [4.69, 9.17) is 0 Å². The van der Waals surface area contributed by atoms with E-state index in [0.29, 0.717) is 5.13 Å². The maximum atomic E-state index is 12.3. The first kappa shape index (κ1) is 16.9. The fourth-order valence-corrected chi connectivity index (χ4v) is 4.41. The van der Waals surface area contributed by atoms with Gasteiger partial charge in [0.2, 0.25) is 11.0 Å². The standard InChI is InChI=1S/C15H15N5OS3/c1-9(23-15-20-19-13(16-2)24-15)12(21)18-14-17-11(8-22-14)10-6-4-3-5-7-10/h3-9H,1-2H3,(H,16,19)(H,17,18,21)/t9-/m0/s1. The van der Waals surface area contributed by atoms with Crippen molar-refractivity contribution in [1.82, 2.24) is 15.2 Å². The normalized spacial score (nSPS) is 11.9. The third-order valence-corrected chi connectivity index (χ3v) is 5.95. The van der Waals surface area contributed by atoms with Gasteiger partial charge in [0.1, 0.15) is 0 Å². The molecule has 2 heterocycles. The minimum absolute atomic E-state index is 0.102. The predicted octanol–water partition coefficient (Wildman–Crippen LogP) is 3.82. The Kier molecular flexibility index (Phi) is 5.44. The number of nitrogens with one attached hydrogen (secondary N) is 2. The van der Waals surface area contributed by atoms with Crippen molar-refractivity contribution in [2.75, 3.05) is 17.7 Å². The topological polar surface area (TPSA) is 79.8 Å². The summed E-state index contributed by atoms with van der Waals surface area (Å²) in [7, 11) is 1.79. The highest BCUT2D eigenvalue weighted by atomic mass is 32.2. The summed E-state index contributed by atoms with van der Waals surface area (Å²) in [5.74, 6) is -0.102. The Morgan fingerprint density at radius 3 is 2.71 bits per heavy atom. The van der Waals surface area contributed by atoms with Crippen molar-refractivity contribution >= 4 is 50.6 Å². The SMILES string of the molecule is CNc1nnc(S[C@@H](C)C(=O)Nc2nc(-c3ccccc3)cs2)s1. The highest BCUT2D eigenvalue weighted by Crippen LogP contribution is 2.30. The molecule has 0 radical (unpaired) electrons. The lowest BCUT2D eigenvalue weighted by atomic mass is 10.2. The molecule has 1 amide bonds. The molecule has 0 fully saturated rings. The number of nitrogens with zero attached hydrogens (tertiary/aromatic N) is 3. The molecule has 0 saturated heterocycles. The Morgan fingerprint density at radius 1 is 1.21 bits per heavy atom. The number of carbonyl (C=O) groups is 1. The molecule has 3 rings (SSSR count). The molecule has 24 heavy (non-hydrogen) atoms. The molecular formula is C15H15N5OS3. The average Bonchev–Trinajstić information content (AvgIpc) is 3.25. The van der Waals surface area contributed by atoms with Crippen molar-refractivity contribution in [3.05, 3.63) is 35.7 Å². The average molecular weight is 378 g/mol. The van der Waals surface area contributed by atoms with Crippen molar-refractivity contribution in [2.24, 2.45) is 0 Å². The lowest BCUT2D eigenvalue weighted by molar-refractivity contribution is -0.115. The molecule has 0 saturated carbocycles. The van der Waals surface area contributed by atoms with E-state index in [1.807, 2.05) is 42.6 Å². The number of rotatable bonds is 6.